The van der Waals surface area contributed by atoms with Crippen LogP contribution in [0.4, 0.5) is 5.69 Å². The average Bonchev–Trinajstić information content (AvgIpc) is 2.98. The van der Waals surface area contributed by atoms with Gasteiger partial charge in [-0.05, 0) is 24.5 Å². The Morgan fingerprint density at radius 3 is 3.12 bits per heavy atom. The van der Waals surface area contributed by atoms with Gasteiger partial charge in [-0.3, -0.25) is 0 Å². The standard InChI is InChI=1S/C14H19NO2/c16-14(12-6-8-17-10-12)9-15-7-5-11-3-1-2-4-13(11)15/h1-4,12,14,16H,5-10H2. The van der Waals surface area contributed by atoms with Crippen LogP contribution < -0.4 is 4.90 Å². The van der Waals surface area contributed by atoms with Gasteiger partial charge in [0.2, 0.25) is 0 Å². The second kappa shape index (κ2) is 4.67. The fourth-order valence-corrected chi connectivity index (χ4v) is 2.83. The molecule has 0 bridgehead atoms. The second-order valence-corrected chi connectivity index (χ2v) is 5.02. The number of para-hydroxylation sites is 1. The van der Waals surface area contributed by atoms with Crippen LogP contribution in [0.2, 0.25) is 0 Å². The van der Waals surface area contributed by atoms with Gasteiger partial charge in [0, 0.05) is 31.3 Å². The van der Waals surface area contributed by atoms with Gasteiger partial charge in [0.15, 0.2) is 0 Å². The lowest BCUT2D eigenvalue weighted by Gasteiger charge is -2.25. The van der Waals surface area contributed by atoms with E-state index in [-0.39, 0.29) is 6.10 Å². The number of fused-ring (bicyclic) bond motifs is 1. The van der Waals surface area contributed by atoms with Crippen LogP contribution in [0.5, 0.6) is 0 Å². The molecule has 3 nitrogen and oxygen atoms in total. The van der Waals surface area contributed by atoms with Crippen LogP contribution in [0.1, 0.15) is 12.0 Å². The lowest BCUT2D eigenvalue weighted by Crippen LogP contribution is -2.36. The molecule has 1 aromatic carbocycles. The summed E-state index contributed by atoms with van der Waals surface area (Å²) in [6.45, 7) is 3.30. The minimum atomic E-state index is -0.261. The van der Waals surface area contributed by atoms with Gasteiger partial charge < -0.3 is 14.7 Å². The van der Waals surface area contributed by atoms with Crippen LogP contribution in [0.15, 0.2) is 24.3 Å². The lowest BCUT2D eigenvalue weighted by molar-refractivity contribution is 0.0964. The van der Waals surface area contributed by atoms with Gasteiger partial charge >= 0.3 is 0 Å². The summed E-state index contributed by atoms with van der Waals surface area (Å²) in [5.74, 6) is 0.322. The van der Waals surface area contributed by atoms with Gasteiger partial charge in [-0.15, -0.1) is 0 Å². The largest absolute Gasteiger partial charge is 0.391 e. The SMILES string of the molecule is OC(CN1CCc2ccccc21)C1CCOC1. The lowest BCUT2D eigenvalue weighted by atomic mass is 10.0. The average molecular weight is 233 g/mol. The molecule has 1 fully saturated rings. The number of aliphatic hydroxyl groups excluding tert-OH is 1. The van der Waals surface area contributed by atoms with Crippen LogP contribution >= 0.6 is 0 Å². The summed E-state index contributed by atoms with van der Waals surface area (Å²) in [4.78, 5) is 2.30. The Kier molecular flexibility index (Phi) is 3.04. The number of anilines is 1. The molecule has 2 atom stereocenters. The Hall–Kier alpha value is -1.06. The summed E-state index contributed by atoms with van der Waals surface area (Å²) in [5, 5.41) is 10.2. The molecular weight excluding hydrogens is 214 g/mol. The van der Waals surface area contributed by atoms with Crippen molar-refractivity contribution in [2.24, 2.45) is 5.92 Å². The van der Waals surface area contributed by atoms with Crippen LogP contribution in [0.25, 0.3) is 0 Å². The monoisotopic (exact) mass is 233 g/mol. The Morgan fingerprint density at radius 1 is 1.41 bits per heavy atom. The van der Waals surface area contributed by atoms with Gasteiger partial charge in [0.1, 0.15) is 0 Å². The normalized spacial score (nSPS) is 25.0. The Labute approximate surface area is 102 Å². The summed E-state index contributed by atoms with van der Waals surface area (Å²) < 4.78 is 5.33. The Bertz CT molecular complexity index is 388. The maximum absolute atomic E-state index is 10.2. The minimum absolute atomic E-state index is 0.261. The van der Waals surface area contributed by atoms with Crippen molar-refractivity contribution in [3.8, 4) is 0 Å². The molecule has 3 rings (SSSR count). The van der Waals surface area contributed by atoms with Crippen molar-refractivity contribution in [3.63, 3.8) is 0 Å². The van der Waals surface area contributed by atoms with E-state index in [2.05, 4.69) is 29.2 Å². The molecule has 17 heavy (non-hydrogen) atoms. The number of rotatable bonds is 3. The fourth-order valence-electron chi connectivity index (χ4n) is 2.83. The first-order valence-corrected chi connectivity index (χ1v) is 6.43. The first-order valence-electron chi connectivity index (χ1n) is 6.43. The third-order valence-electron chi connectivity index (χ3n) is 3.90. The van der Waals surface area contributed by atoms with E-state index in [1.54, 1.807) is 0 Å². The Balaban J connectivity index is 1.66. The van der Waals surface area contributed by atoms with Crippen molar-refractivity contribution >= 4 is 5.69 Å². The zero-order valence-corrected chi connectivity index (χ0v) is 10.0. The molecule has 0 aromatic heterocycles. The summed E-state index contributed by atoms with van der Waals surface area (Å²) in [6, 6.07) is 8.49. The first-order chi connectivity index (χ1) is 8.34. The summed E-state index contributed by atoms with van der Waals surface area (Å²) in [5.41, 5.74) is 2.70. The molecule has 0 spiro atoms. The highest BCUT2D eigenvalue weighted by Crippen LogP contribution is 2.28. The molecule has 0 saturated carbocycles. The van der Waals surface area contributed by atoms with Crippen molar-refractivity contribution in [3.05, 3.63) is 29.8 Å². The molecule has 0 radical (unpaired) electrons. The van der Waals surface area contributed by atoms with Gasteiger partial charge in [-0.1, -0.05) is 18.2 Å². The van der Waals surface area contributed by atoms with E-state index in [4.69, 9.17) is 4.74 Å². The third-order valence-corrected chi connectivity index (χ3v) is 3.90. The van der Waals surface area contributed by atoms with E-state index >= 15 is 0 Å². The van der Waals surface area contributed by atoms with Crippen molar-refractivity contribution in [2.75, 3.05) is 31.2 Å². The highest BCUT2D eigenvalue weighted by molar-refractivity contribution is 5.57. The first kappa shape index (κ1) is 11.1. The van der Waals surface area contributed by atoms with Gasteiger partial charge in [0.25, 0.3) is 0 Å². The third kappa shape index (κ3) is 2.17. The molecule has 92 valence electrons. The van der Waals surface area contributed by atoms with E-state index in [9.17, 15) is 5.11 Å². The van der Waals surface area contributed by atoms with E-state index in [1.807, 2.05) is 0 Å². The van der Waals surface area contributed by atoms with Crippen LogP contribution in [-0.4, -0.2) is 37.5 Å². The van der Waals surface area contributed by atoms with Crippen LogP contribution in [-0.2, 0) is 11.2 Å². The summed E-state index contributed by atoms with van der Waals surface area (Å²) in [6.07, 6.45) is 1.84. The zero-order valence-electron chi connectivity index (χ0n) is 10.0. The van der Waals surface area contributed by atoms with Gasteiger partial charge in [0.05, 0.1) is 12.7 Å². The number of aliphatic hydroxyl groups is 1. The second-order valence-electron chi connectivity index (χ2n) is 5.02. The number of hydrogen-bond acceptors (Lipinski definition) is 3. The van der Waals surface area contributed by atoms with Crippen LogP contribution in [0, 0.1) is 5.92 Å². The molecule has 0 aliphatic carbocycles. The van der Waals surface area contributed by atoms with Crippen LogP contribution in [0.3, 0.4) is 0 Å². The van der Waals surface area contributed by atoms with Gasteiger partial charge in [-0.2, -0.15) is 0 Å². The van der Waals surface area contributed by atoms with Gasteiger partial charge in [-0.25, -0.2) is 0 Å². The maximum atomic E-state index is 10.2. The minimum Gasteiger partial charge on any atom is -0.391 e. The summed E-state index contributed by atoms with van der Waals surface area (Å²) in [7, 11) is 0. The predicted octanol–water partition coefficient (Wildman–Crippen LogP) is 1.45. The fraction of sp³-hybridized carbons (Fsp3) is 0.571. The van der Waals surface area contributed by atoms with E-state index in [1.165, 1.54) is 11.3 Å². The van der Waals surface area contributed by atoms with E-state index < -0.39 is 0 Å². The molecule has 2 aliphatic heterocycles. The maximum Gasteiger partial charge on any atom is 0.0765 e. The molecule has 1 aromatic rings. The molecule has 2 heterocycles. The van der Waals surface area contributed by atoms with Crippen molar-refractivity contribution < 1.29 is 9.84 Å². The molecule has 0 amide bonds. The highest BCUT2D eigenvalue weighted by Gasteiger charge is 2.27. The molecule has 2 aliphatic rings. The van der Waals surface area contributed by atoms with Crippen molar-refractivity contribution in [1.29, 1.82) is 0 Å². The highest BCUT2D eigenvalue weighted by atomic mass is 16.5. The molecule has 1 N–H and O–H groups in total. The topological polar surface area (TPSA) is 32.7 Å². The van der Waals surface area contributed by atoms with E-state index in [0.717, 1.165) is 39.1 Å². The number of hydrogen-bond donors (Lipinski definition) is 1. The predicted molar refractivity (Wildman–Crippen MR) is 67.3 cm³/mol. The smallest absolute Gasteiger partial charge is 0.0765 e. The van der Waals surface area contributed by atoms with Crippen molar-refractivity contribution in [2.45, 2.75) is 18.9 Å². The molecule has 3 heteroatoms. The number of benzene rings is 1. The molecular formula is C14H19NO2. The number of ether oxygens (including phenoxy) is 1. The van der Waals surface area contributed by atoms with E-state index in [0.29, 0.717) is 5.92 Å². The van der Waals surface area contributed by atoms with Crippen molar-refractivity contribution in [1.82, 2.24) is 0 Å². The number of nitrogens with zero attached hydrogens (tertiary/aromatic N) is 1. The zero-order chi connectivity index (χ0) is 11.7. The quantitative estimate of drug-likeness (QED) is 0.857. The molecule has 1 saturated heterocycles. The summed E-state index contributed by atoms with van der Waals surface area (Å²) >= 11 is 0. The Morgan fingerprint density at radius 2 is 2.29 bits per heavy atom. The number of β-amino-alcohol motifs (C(OH)–C–C–N with tert-alkyl or cyclic N) is 1. The molecule has 2 unspecified atom stereocenters.